The Kier molecular flexibility index (Phi) is 6.98. The Morgan fingerprint density at radius 1 is 1.24 bits per heavy atom. The summed E-state index contributed by atoms with van der Waals surface area (Å²) >= 11 is 0. The van der Waals surface area contributed by atoms with Crippen LogP contribution in [0.1, 0.15) is 51.0 Å². The minimum Gasteiger partial charge on any atom is -0.325 e. The number of anilines is 1. The summed E-state index contributed by atoms with van der Waals surface area (Å²) in [5.74, 6) is -0.288. The van der Waals surface area contributed by atoms with Crippen LogP contribution in [0.15, 0.2) is 23.1 Å². The van der Waals surface area contributed by atoms with E-state index in [0.717, 1.165) is 32.1 Å². The van der Waals surface area contributed by atoms with Crippen LogP contribution in [-0.4, -0.2) is 37.8 Å². The molecule has 1 aromatic carbocycles. The van der Waals surface area contributed by atoms with Gasteiger partial charge in [-0.1, -0.05) is 32.3 Å². The molecular weight excluding hydrogens is 338 g/mol. The maximum absolute atomic E-state index is 13.0. The predicted octanol–water partition coefficient (Wildman–Crippen LogP) is 2.63. The van der Waals surface area contributed by atoms with Crippen LogP contribution in [0.5, 0.6) is 0 Å². The van der Waals surface area contributed by atoms with Gasteiger partial charge in [0.15, 0.2) is 0 Å². The number of nitrogens with two attached hydrogens (primary N) is 1. The van der Waals surface area contributed by atoms with Gasteiger partial charge in [-0.05, 0) is 43.9 Å². The lowest BCUT2D eigenvalue weighted by Gasteiger charge is -2.21. The van der Waals surface area contributed by atoms with Gasteiger partial charge in [0.25, 0.3) is 0 Å². The Bertz CT molecular complexity index is 696. The summed E-state index contributed by atoms with van der Waals surface area (Å²) < 4.78 is 27.6. The van der Waals surface area contributed by atoms with Gasteiger partial charge in [0.05, 0.1) is 10.9 Å². The van der Waals surface area contributed by atoms with Gasteiger partial charge in [0.1, 0.15) is 0 Å². The van der Waals surface area contributed by atoms with E-state index in [1.54, 1.807) is 29.4 Å². The highest BCUT2D eigenvalue weighted by molar-refractivity contribution is 7.89. The van der Waals surface area contributed by atoms with Gasteiger partial charge in [-0.3, -0.25) is 4.79 Å². The molecule has 0 bridgehead atoms. The molecule has 1 fully saturated rings. The van der Waals surface area contributed by atoms with E-state index in [1.807, 2.05) is 6.92 Å². The number of amides is 1. The smallest absolute Gasteiger partial charge is 0.243 e. The number of nitrogens with zero attached hydrogens (tertiary/aromatic N) is 1. The fourth-order valence-electron chi connectivity index (χ4n) is 3.05. The number of hydrogen-bond donors (Lipinski definition) is 2. The summed E-state index contributed by atoms with van der Waals surface area (Å²) in [4.78, 5) is 12.4. The molecule has 0 aromatic heterocycles. The Labute approximate surface area is 150 Å². The second kappa shape index (κ2) is 8.78. The van der Waals surface area contributed by atoms with E-state index in [0.29, 0.717) is 30.8 Å². The van der Waals surface area contributed by atoms with Crippen LogP contribution in [0, 0.1) is 6.92 Å². The van der Waals surface area contributed by atoms with E-state index in [4.69, 9.17) is 5.73 Å². The summed E-state index contributed by atoms with van der Waals surface area (Å²) in [7, 11) is -3.55. The Morgan fingerprint density at radius 3 is 2.48 bits per heavy atom. The highest BCUT2D eigenvalue weighted by Gasteiger charge is 2.27. The van der Waals surface area contributed by atoms with Gasteiger partial charge in [-0.2, -0.15) is 4.31 Å². The summed E-state index contributed by atoms with van der Waals surface area (Å²) in [5, 5.41) is 2.73. The van der Waals surface area contributed by atoms with Gasteiger partial charge in [0, 0.05) is 18.8 Å². The molecule has 140 valence electrons. The Morgan fingerprint density at radius 2 is 1.88 bits per heavy atom. The maximum atomic E-state index is 13.0. The molecule has 0 spiro atoms. The van der Waals surface area contributed by atoms with Crippen LogP contribution < -0.4 is 11.1 Å². The van der Waals surface area contributed by atoms with Gasteiger partial charge in [-0.15, -0.1) is 0 Å². The van der Waals surface area contributed by atoms with E-state index in [9.17, 15) is 13.2 Å². The standard InChI is InChI=1S/C18H29N3O3S/c1-3-8-16(19)18(22)20-15-10-9-14(2)17(13-15)25(23,24)21-11-6-4-5-7-12-21/h9-10,13,16H,3-8,11-12,19H2,1-2H3,(H,20,22). The summed E-state index contributed by atoms with van der Waals surface area (Å²) in [6, 6.07) is 4.41. The topological polar surface area (TPSA) is 92.5 Å². The van der Waals surface area contributed by atoms with Crippen LogP contribution in [0.3, 0.4) is 0 Å². The number of aryl methyl sites for hydroxylation is 1. The monoisotopic (exact) mass is 367 g/mol. The van der Waals surface area contributed by atoms with Crippen molar-refractivity contribution in [3.63, 3.8) is 0 Å². The second-order valence-corrected chi connectivity index (χ2v) is 8.59. The molecule has 1 heterocycles. The van der Waals surface area contributed by atoms with E-state index in [1.165, 1.54) is 0 Å². The first-order chi connectivity index (χ1) is 11.9. The third-order valence-electron chi connectivity index (χ3n) is 4.57. The first kappa shape index (κ1) is 19.9. The van der Waals surface area contributed by atoms with Gasteiger partial charge >= 0.3 is 0 Å². The fraction of sp³-hybridized carbons (Fsp3) is 0.611. The average molecular weight is 368 g/mol. The molecule has 1 aromatic rings. The predicted molar refractivity (Wildman–Crippen MR) is 99.9 cm³/mol. The van der Waals surface area contributed by atoms with Crippen molar-refractivity contribution in [3.05, 3.63) is 23.8 Å². The number of nitrogens with one attached hydrogen (secondary N) is 1. The summed E-state index contributed by atoms with van der Waals surface area (Å²) in [5.41, 5.74) is 6.97. The fourth-order valence-corrected chi connectivity index (χ4v) is 4.82. The van der Waals surface area contributed by atoms with Crippen molar-refractivity contribution in [1.82, 2.24) is 4.31 Å². The summed E-state index contributed by atoms with van der Waals surface area (Å²) in [6.07, 6.45) is 5.32. The van der Waals surface area contributed by atoms with E-state index < -0.39 is 16.1 Å². The Balaban J connectivity index is 2.24. The van der Waals surface area contributed by atoms with Crippen molar-refractivity contribution in [2.75, 3.05) is 18.4 Å². The summed E-state index contributed by atoms with van der Waals surface area (Å²) in [6.45, 7) is 4.85. The van der Waals surface area contributed by atoms with Crippen LogP contribution in [0.2, 0.25) is 0 Å². The third kappa shape index (κ3) is 5.03. The third-order valence-corrected chi connectivity index (χ3v) is 6.62. The van der Waals surface area contributed by atoms with Gasteiger partial charge in [0.2, 0.25) is 15.9 Å². The second-order valence-electron chi connectivity index (χ2n) is 6.68. The van der Waals surface area contributed by atoms with E-state index in [2.05, 4.69) is 5.32 Å². The lowest BCUT2D eigenvalue weighted by Crippen LogP contribution is -2.35. The number of hydrogen-bond acceptors (Lipinski definition) is 4. The molecule has 1 atom stereocenters. The molecule has 1 aliphatic rings. The molecular formula is C18H29N3O3S. The van der Waals surface area contributed by atoms with Crippen molar-refractivity contribution < 1.29 is 13.2 Å². The van der Waals surface area contributed by atoms with Gasteiger partial charge in [-0.25, -0.2) is 8.42 Å². The molecule has 1 saturated heterocycles. The molecule has 0 aliphatic carbocycles. The minimum absolute atomic E-state index is 0.260. The lowest BCUT2D eigenvalue weighted by atomic mass is 10.1. The minimum atomic E-state index is -3.55. The normalized spacial score (nSPS) is 17.7. The molecule has 0 radical (unpaired) electrons. The van der Waals surface area contributed by atoms with Crippen molar-refractivity contribution in [3.8, 4) is 0 Å². The van der Waals surface area contributed by atoms with Gasteiger partial charge < -0.3 is 11.1 Å². The maximum Gasteiger partial charge on any atom is 0.243 e. The molecule has 1 aliphatic heterocycles. The lowest BCUT2D eigenvalue weighted by molar-refractivity contribution is -0.117. The molecule has 1 unspecified atom stereocenters. The molecule has 3 N–H and O–H groups in total. The van der Waals surface area contributed by atoms with Crippen LogP contribution >= 0.6 is 0 Å². The first-order valence-corrected chi connectivity index (χ1v) is 10.5. The quantitative estimate of drug-likeness (QED) is 0.808. The molecule has 0 saturated carbocycles. The van der Waals surface area contributed by atoms with Crippen molar-refractivity contribution in [2.24, 2.45) is 5.73 Å². The Hall–Kier alpha value is -1.44. The highest BCUT2D eigenvalue weighted by atomic mass is 32.2. The van der Waals surface area contributed by atoms with Crippen LogP contribution in [0.25, 0.3) is 0 Å². The molecule has 1 amide bonds. The van der Waals surface area contributed by atoms with Crippen LogP contribution in [-0.2, 0) is 14.8 Å². The molecule has 2 rings (SSSR count). The zero-order valence-electron chi connectivity index (χ0n) is 15.1. The molecule has 6 nitrogen and oxygen atoms in total. The number of benzene rings is 1. The highest BCUT2D eigenvalue weighted by Crippen LogP contribution is 2.26. The largest absolute Gasteiger partial charge is 0.325 e. The zero-order valence-corrected chi connectivity index (χ0v) is 15.9. The number of sulfonamides is 1. The first-order valence-electron chi connectivity index (χ1n) is 9.03. The molecule has 7 heteroatoms. The SMILES string of the molecule is CCCC(N)C(=O)Nc1ccc(C)c(S(=O)(=O)N2CCCCCC2)c1. The van der Waals surface area contributed by atoms with E-state index in [-0.39, 0.29) is 10.8 Å². The van der Waals surface area contributed by atoms with Crippen molar-refractivity contribution in [1.29, 1.82) is 0 Å². The van der Waals surface area contributed by atoms with Crippen molar-refractivity contribution in [2.45, 2.75) is 63.3 Å². The average Bonchev–Trinajstić information content (AvgIpc) is 2.86. The number of carbonyl (C=O) groups excluding carboxylic acids is 1. The van der Waals surface area contributed by atoms with Crippen molar-refractivity contribution >= 4 is 21.6 Å². The van der Waals surface area contributed by atoms with E-state index >= 15 is 0 Å². The molecule has 25 heavy (non-hydrogen) atoms. The zero-order chi connectivity index (χ0) is 18.4. The number of rotatable bonds is 6. The number of carbonyl (C=O) groups is 1. The van der Waals surface area contributed by atoms with Crippen LogP contribution in [0.4, 0.5) is 5.69 Å².